The number of carbonyl (C=O) groups is 2. The lowest BCUT2D eigenvalue weighted by molar-refractivity contribution is -0.129. The molecule has 0 saturated carbocycles. The molecule has 0 aliphatic rings. The normalized spacial score (nSPS) is 11.7. The fourth-order valence-corrected chi connectivity index (χ4v) is 2.63. The number of aryl methyl sites for hydroxylation is 1. The second-order valence-corrected chi connectivity index (χ2v) is 6.90. The van der Waals surface area contributed by atoms with E-state index < -0.39 is 6.04 Å². The van der Waals surface area contributed by atoms with Crippen molar-refractivity contribution in [3.05, 3.63) is 65.7 Å². The average Bonchev–Trinajstić information content (AvgIpc) is 2.65. The van der Waals surface area contributed by atoms with Crippen molar-refractivity contribution >= 4 is 11.8 Å². The fourth-order valence-electron chi connectivity index (χ4n) is 2.63. The van der Waals surface area contributed by atoms with E-state index in [-0.39, 0.29) is 24.2 Å². The van der Waals surface area contributed by atoms with Gasteiger partial charge in [0.2, 0.25) is 11.8 Å². The minimum absolute atomic E-state index is 0.0114. The highest BCUT2D eigenvalue weighted by Gasteiger charge is 2.23. The monoisotopic (exact) mass is 368 g/mol. The van der Waals surface area contributed by atoms with E-state index in [4.69, 9.17) is 4.74 Å². The zero-order chi connectivity index (χ0) is 19.6. The molecule has 27 heavy (non-hydrogen) atoms. The third-order valence-electron chi connectivity index (χ3n) is 4.16. The molecular weight excluding hydrogens is 340 g/mol. The summed E-state index contributed by atoms with van der Waals surface area (Å²) in [7, 11) is 0. The van der Waals surface area contributed by atoms with Crippen LogP contribution in [0, 0.1) is 12.8 Å². The van der Waals surface area contributed by atoms with E-state index in [9.17, 15) is 9.59 Å². The topological polar surface area (TPSA) is 67.4 Å². The lowest BCUT2D eigenvalue weighted by Crippen LogP contribution is -2.50. The number of benzene rings is 2. The van der Waals surface area contributed by atoms with E-state index in [2.05, 4.69) is 10.6 Å². The van der Waals surface area contributed by atoms with Gasteiger partial charge in [0.05, 0.1) is 13.0 Å². The van der Waals surface area contributed by atoms with Crippen LogP contribution < -0.4 is 15.4 Å². The SMILES string of the molecule is Cc1ccc(OCCNC(=O)C(NC(=O)Cc2ccccc2)C(C)C)cc1. The first-order valence-electron chi connectivity index (χ1n) is 9.26. The van der Waals surface area contributed by atoms with Crippen LogP contribution in [0.4, 0.5) is 0 Å². The van der Waals surface area contributed by atoms with Gasteiger partial charge in [0.1, 0.15) is 18.4 Å². The highest BCUT2D eigenvalue weighted by atomic mass is 16.5. The second-order valence-electron chi connectivity index (χ2n) is 6.90. The van der Waals surface area contributed by atoms with Gasteiger partial charge in [-0.15, -0.1) is 0 Å². The van der Waals surface area contributed by atoms with E-state index in [1.807, 2.05) is 75.4 Å². The van der Waals surface area contributed by atoms with Gasteiger partial charge in [-0.2, -0.15) is 0 Å². The van der Waals surface area contributed by atoms with Crippen LogP contribution in [0.1, 0.15) is 25.0 Å². The Hall–Kier alpha value is -2.82. The van der Waals surface area contributed by atoms with Gasteiger partial charge in [-0.3, -0.25) is 9.59 Å². The van der Waals surface area contributed by atoms with Crippen molar-refractivity contribution in [3.63, 3.8) is 0 Å². The van der Waals surface area contributed by atoms with Gasteiger partial charge in [-0.05, 0) is 30.5 Å². The summed E-state index contributed by atoms with van der Waals surface area (Å²) in [4.78, 5) is 24.7. The molecule has 0 fully saturated rings. The van der Waals surface area contributed by atoms with Crippen molar-refractivity contribution in [2.45, 2.75) is 33.2 Å². The van der Waals surface area contributed by atoms with Gasteiger partial charge >= 0.3 is 0 Å². The maximum absolute atomic E-state index is 12.4. The molecule has 2 amide bonds. The molecule has 144 valence electrons. The number of ether oxygens (including phenoxy) is 1. The Kier molecular flexibility index (Phi) is 7.86. The quantitative estimate of drug-likeness (QED) is 0.669. The standard InChI is InChI=1S/C22H28N2O3/c1-16(2)21(24-20(25)15-18-7-5-4-6-8-18)22(26)23-13-14-27-19-11-9-17(3)10-12-19/h4-12,16,21H,13-15H2,1-3H3,(H,23,26)(H,24,25). The minimum Gasteiger partial charge on any atom is -0.492 e. The summed E-state index contributed by atoms with van der Waals surface area (Å²) in [6.07, 6.45) is 0.258. The van der Waals surface area contributed by atoms with Crippen LogP contribution in [0.5, 0.6) is 5.75 Å². The molecule has 1 unspecified atom stereocenters. The molecule has 2 aromatic carbocycles. The third-order valence-corrected chi connectivity index (χ3v) is 4.16. The number of hydrogen-bond donors (Lipinski definition) is 2. The number of amides is 2. The second kappa shape index (κ2) is 10.4. The van der Waals surface area contributed by atoms with Crippen molar-refractivity contribution in [2.75, 3.05) is 13.2 Å². The molecule has 2 rings (SSSR count). The Bertz CT molecular complexity index is 727. The average molecular weight is 368 g/mol. The van der Waals surface area contributed by atoms with Gasteiger partial charge in [0.15, 0.2) is 0 Å². The molecule has 0 spiro atoms. The number of rotatable bonds is 9. The lowest BCUT2D eigenvalue weighted by Gasteiger charge is -2.22. The highest BCUT2D eigenvalue weighted by molar-refractivity contribution is 5.88. The van der Waals surface area contributed by atoms with Crippen LogP contribution in [0.2, 0.25) is 0 Å². The van der Waals surface area contributed by atoms with E-state index in [1.54, 1.807) is 0 Å². The van der Waals surface area contributed by atoms with Crippen LogP contribution in [-0.4, -0.2) is 31.0 Å². The summed E-state index contributed by atoms with van der Waals surface area (Å²) in [6.45, 7) is 6.59. The van der Waals surface area contributed by atoms with Gasteiger partial charge in [-0.25, -0.2) is 0 Å². The van der Waals surface area contributed by atoms with Gasteiger partial charge in [0.25, 0.3) is 0 Å². The summed E-state index contributed by atoms with van der Waals surface area (Å²) >= 11 is 0. The molecule has 1 atom stereocenters. The van der Waals surface area contributed by atoms with E-state index in [0.717, 1.165) is 11.3 Å². The van der Waals surface area contributed by atoms with Crippen LogP contribution in [0.15, 0.2) is 54.6 Å². The van der Waals surface area contributed by atoms with Crippen molar-refractivity contribution in [1.82, 2.24) is 10.6 Å². The first kappa shape index (κ1) is 20.5. The molecule has 0 radical (unpaired) electrons. The van der Waals surface area contributed by atoms with Crippen LogP contribution in [0.3, 0.4) is 0 Å². The molecule has 2 N–H and O–H groups in total. The number of hydrogen-bond acceptors (Lipinski definition) is 3. The van der Waals surface area contributed by atoms with Crippen molar-refractivity contribution in [3.8, 4) is 5.75 Å². The van der Waals surface area contributed by atoms with Crippen LogP contribution in [-0.2, 0) is 16.0 Å². The van der Waals surface area contributed by atoms with Crippen molar-refractivity contribution in [2.24, 2.45) is 5.92 Å². The molecule has 0 aromatic heterocycles. The van der Waals surface area contributed by atoms with E-state index >= 15 is 0 Å². The van der Waals surface area contributed by atoms with Gasteiger partial charge in [-0.1, -0.05) is 61.9 Å². The molecule has 0 aliphatic carbocycles. The van der Waals surface area contributed by atoms with E-state index in [0.29, 0.717) is 13.2 Å². The summed E-state index contributed by atoms with van der Waals surface area (Å²) < 4.78 is 5.61. The summed E-state index contributed by atoms with van der Waals surface area (Å²) in [5.74, 6) is 0.402. The zero-order valence-corrected chi connectivity index (χ0v) is 16.2. The predicted molar refractivity (Wildman–Crippen MR) is 107 cm³/mol. The summed E-state index contributed by atoms with van der Waals surface area (Å²) in [5.41, 5.74) is 2.09. The van der Waals surface area contributed by atoms with Gasteiger partial charge < -0.3 is 15.4 Å². The Morgan fingerprint density at radius 2 is 1.67 bits per heavy atom. The Morgan fingerprint density at radius 1 is 1.00 bits per heavy atom. The smallest absolute Gasteiger partial charge is 0.242 e. The summed E-state index contributed by atoms with van der Waals surface area (Å²) in [6, 6.07) is 16.7. The molecular formula is C22H28N2O3. The number of nitrogens with one attached hydrogen (secondary N) is 2. The first-order chi connectivity index (χ1) is 13.0. The summed E-state index contributed by atoms with van der Waals surface area (Å²) in [5, 5.41) is 5.67. The fraction of sp³-hybridized carbons (Fsp3) is 0.364. The molecule has 0 aliphatic heterocycles. The molecule has 5 nitrogen and oxygen atoms in total. The third kappa shape index (κ3) is 7.13. The van der Waals surface area contributed by atoms with E-state index in [1.165, 1.54) is 5.56 Å². The molecule has 0 heterocycles. The number of carbonyl (C=O) groups excluding carboxylic acids is 2. The van der Waals surface area contributed by atoms with Crippen LogP contribution >= 0.6 is 0 Å². The Morgan fingerprint density at radius 3 is 2.30 bits per heavy atom. The molecule has 5 heteroatoms. The maximum Gasteiger partial charge on any atom is 0.242 e. The first-order valence-corrected chi connectivity index (χ1v) is 9.26. The predicted octanol–water partition coefficient (Wildman–Crippen LogP) is 2.87. The van der Waals surface area contributed by atoms with Crippen molar-refractivity contribution < 1.29 is 14.3 Å². The van der Waals surface area contributed by atoms with Gasteiger partial charge in [0, 0.05) is 0 Å². The Labute approximate surface area is 161 Å². The maximum atomic E-state index is 12.4. The zero-order valence-electron chi connectivity index (χ0n) is 16.2. The minimum atomic E-state index is -0.569. The largest absolute Gasteiger partial charge is 0.492 e. The highest BCUT2D eigenvalue weighted by Crippen LogP contribution is 2.11. The Balaban J connectivity index is 1.78. The molecule has 0 saturated heterocycles. The van der Waals surface area contributed by atoms with Crippen LogP contribution in [0.25, 0.3) is 0 Å². The molecule has 2 aromatic rings. The van der Waals surface area contributed by atoms with Crippen molar-refractivity contribution in [1.29, 1.82) is 0 Å². The lowest BCUT2D eigenvalue weighted by atomic mass is 10.0. The molecule has 0 bridgehead atoms.